The van der Waals surface area contributed by atoms with Gasteiger partial charge in [-0.15, -0.1) is 0 Å². The van der Waals surface area contributed by atoms with Gasteiger partial charge in [0, 0.05) is 5.02 Å². The van der Waals surface area contributed by atoms with Gasteiger partial charge in [0.25, 0.3) is 0 Å². The molecule has 6 nitrogen and oxygen atoms in total. The molecule has 1 N–H and O–H groups in total. The standard InChI is InChI=1S/C21H23ClN2O4/c1-21(27-11-2-12-28-21)13-20(25)24-23-14-16-5-9-19(10-6-16)26-15-17-3-7-18(22)8-4-17/h3-10,14H,2,11-13,15H2,1H3,(H,24,25)/b23-14-. The van der Waals surface area contributed by atoms with Crippen LogP contribution in [0.4, 0.5) is 0 Å². The number of halogens is 1. The number of hydrogen-bond donors (Lipinski definition) is 1. The van der Waals surface area contributed by atoms with Gasteiger partial charge in [-0.1, -0.05) is 23.7 Å². The van der Waals surface area contributed by atoms with Crippen molar-refractivity contribution in [3.63, 3.8) is 0 Å². The van der Waals surface area contributed by atoms with Gasteiger partial charge < -0.3 is 14.2 Å². The Balaban J connectivity index is 1.44. The zero-order chi connectivity index (χ0) is 19.8. The molecule has 0 bridgehead atoms. The first-order chi connectivity index (χ1) is 13.5. The summed E-state index contributed by atoms with van der Waals surface area (Å²) in [5.74, 6) is -0.389. The number of amides is 1. The van der Waals surface area contributed by atoms with E-state index < -0.39 is 5.79 Å². The van der Waals surface area contributed by atoms with Crippen molar-refractivity contribution in [1.82, 2.24) is 5.43 Å². The fraction of sp³-hybridized carbons (Fsp3) is 0.333. The first kappa shape index (κ1) is 20.3. The second-order valence-electron chi connectivity index (χ2n) is 6.64. The molecule has 7 heteroatoms. The molecule has 0 spiro atoms. The second-order valence-corrected chi connectivity index (χ2v) is 7.07. The molecule has 1 aliphatic heterocycles. The summed E-state index contributed by atoms with van der Waals surface area (Å²) in [5.41, 5.74) is 4.38. The van der Waals surface area contributed by atoms with Crippen molar-refractivity contribution in [2.24, 2.45) is 5.10 Å². The normalized spacial score (nSPS) is 16.1. The van der Waals surface area contributed by atoms with Crippen LogP contribution < -0.4 is 10.2 Å². The highest BCUT2D eigenvalue weighted by molar-refractivity contribution is 6.30. The van der Waals surface area contributed by atoms with Crippen LogP contribution in [0.5, 0.6) is 5.75 Å². The van der Waals surface area contributed by atoms with Crippen LogP contribution in [0.2, 0.25) is 5.02 Å². The summed E-state index contributed by atoms with van der Waals surface area (Å²) in [5, 5.41) is 4.68. The highest BCUT2D eigenvalue weighted by Crippen LogP contribution is 2.21. The van der Waals surface area contributed by atoms with Crippen molar-refractivity contribution in [2.45, 2.75) is 32.2 Å². The molecule has 0 radical (unpaired) electrons. The number of hydrogen-bond acceptors (Lipinski definition) is 5. The summed E-state index contributed by atoms with van der Waals surface area (Å²) in [6.45, 7) is 3.42. The molecule has 1 aliphatic rings. The number of carbonyl (C=O) groups excluding carboxylic acids is 1. The smallest absolute Gasteiger partial charge is 0.245 e. The molecule has 2 aromatic carbocycles. The maximum absolute atomic E-state index is 12.0. The predicted octanol–water partition coefficient (Wildman–Crippen LogP) is 3.91. The fourth-order valence-electron chi connectivity index (χ4n) is 2.69. The Morgan fingerprint density at radius 3 is 2.54 bits per heavy atom. The van der Waals surface area contributed by atoms with Gasteiger partial charge in [-0.05, 0) is 60.9 Å². The van der Waals surface area contributed by atoms with E-state index in [1.54, 1.807) is 13.1 Å². The number of hydrazone groups is 1. The Kier molecular flexibility index (Phi) is 7.03. The lowest BCUT2D eigenvalue weighted by atomic mass is 10.2. The highest BCUT2D eigenvalue weighted by atomic mass is 35.5. The Bertz CT molecular complexity index is 800. The van der Waals surface area contributed by atoms with E-state index in [1.807, 2.05) is 48.5 Å². The number of ether oxygens (including phenoxy) is 3. The van der Waals surface area contributed by atoms with Gasteiger partial charge >= 0.3 is 0 Å². The summed E-state index contributed by atoms with van der Waals surface area (Å²) >= 11 is 5.87. The van der Waals surface area contributed by atoms with E-state index in [1.165, 1.54) is 0 Å². The fourth-order valence-corrected chi connectivity index (χ4v) is 2.81. The van der Waals surface area contributed by atoms with E-state index in [-0.39, 0.29) is 12.3 Å². The summed E-state index contributed by atoms with van der Waals surface area (Å²) in [7, 11) is 0. The molecular formula is C21H23ClN2O4. The van der Waals surface area contributed by atoms with Crippen molar-refractivity contribution >= 4 is 23.7 Å². The maximum Gasteiger partial charge on any atom is 0.245 e. The minimum atomic E-state index is -0.874. The Morgan fingerprint density at radius 1 is 1.18 bits per heavy atom. The van der Waals surface area contributed by atoms with E-state index in [9.17, 15) is 4.79 Å². The topological polar surface area (TPSA) is 69.2 Å². The molecule has 1 heterocycles. The quantitative estimate of drug-likeness (QED) is 0.563. The Labute approximate surface area is 169 Å². The van der Waals surface area contributed by atoms with Crippen molar-refractivity contribution in [3.8, 4) is 5.75 Å². The number of rotatable bonds is 7. The number of nitrogens with one attached hydrogen (secondary N) is 1. The van der Waals surface area contributed by atoms with Gasteiger partial charge in [0.2, 0.25) is 5.91 Å². The Hall–Kier alpha value is -2.41. The molecule has 28 heavy (non-hydrogen) atoms. The molecule has 2 aromatic rings. The first-order valence-electron chi connectivity index (χ1n) is 9.10. The lowest BCUT2D eigenvalue weighted by Gasteiger charge is -2.33. The van der Waals surface area contributed by atoms with Crippen molar-refractivity contribution in [2.75, 3.05) is 13.2 Å². The average Bonchev–Trinajstić information content (AvgIpc) is 2.69. The summed E-state index contributed by atoms with van der Waals surface area (Å²) in [4.78, 5) is 12.0. The molecule has 0 unspecified atom stereocenters. The summed E-state index contributed by atoms with van der Waals surface area (Å²) in [6, 6.07) is 14.9. The molecular weight excluding hydrogens is 380 g/mol. The molecule has 0 saturated carbocycles. The SMILES string of the molecule is CC1(CC(=O)N/N=C\c2ccc(OCc3ccc(Cl)cc3)cc2)OCCCO1. The zero-order valence-electron chi connectivity index (χ0n) is 15.7. The van der Waals surface area contributed by atoms with E-state index >= 15 is 0 Å². The van der Waals surface area contributed by atoms with Crippen molar-refractivity contribution in [1.29, 1.82) is 0 Å². The van der Waals surface area contributed by atoms with Gasteiger partial charge in [-0.2, -0.15) is 5.10 Å². The van der Waals surface area contributed by atoms with Crippen molar-refractivity contribution < 1.29 is 19.0 Å². The number of carbonyl (C=O) groups is 1. The van der Waals surface area contributed by atoms with Crippen LogP contribution in [0.25, 0.3) is 0 Å². The van der Waals surface area contributed by atoms with E-state index in [2.05, 4.69) is 10.5 Å². The molecule has 0 aromatic heterocycles. The molecule has 1 fully saturated rings. The highest BCUT2D eigenvalue weighted by Gasteiger charge is 2.31. The van der Waals surface area contributed by atoms with Crippen LogP contribution in [0, 0.1) is 0 Å². The third kappa shape index (κ3) is 6.34. The van der Waals surface area contributed by atoms with Gasteiger partial charge in [0.05, 0.1) is 25.8 Å². The van der Waals surface area contributed by atoms with Crippen LogP contribution in [-0.2, 0) is 20.9 Å². The summed E-state index contributed by atoms with van der Waals surface area (Å²) in [6.07, 6.45) is 2.52. The van der Waals surface area contributed by atoms with Gasteiger partial charge in [-0.3, -0.25) is 4.79 Å². The minimum absolute atomic E-state index is 0.0990. The van der Waals surface area contributed by atoms with Crippen LogP contribution in [0.15, 0.2) is 53.6 Å². The van der Waals surface area contributed by atoms with Crippen LogP contribution >= 0.6 is 11.6 Å². The molecule has 0 aliphatic carbocycles. The molecule has 1 saturated heterocycles. The number of benzene rings is 2. The predicted molar refractivity (Wildman–Crippen MR) is 108 cm³/mol. The number of nitrogens with zero attached hydrogens (tertiary/aromatic N) is 1. The third-order valence-electron chi connectivity index (χ3n) is 4.19. The van der Waals surface area contributed by atoms with Crippen LogP contribution in [-0.4, -0.2) is 31.1 Å². The molecule has 1 amide bonds. The average molecular weight is 403 g/mol. The largest absolute Gasteiger partial charge is 0.489 e. The van der Waals surface area contributed by atoms with Gasteiger partial charge in [-0.25, -0.2) is 5.43 Å². The van der Waals surface area contributed by atoms with E-state index in [0.29, 0.717) is 24.8 Å². The molecule has 3 rings (SSSR count). The lowest BCUT2D eigenvalue weighted by molar-refractivity contribution is -0.256. The van der Waals surface area contributed by atoms with Crippen LogP contribution in [0.1, 0.15) is 30.9 Å². The first-order valence-corrected chi connectivity index (χ1v) is 9.47. The van der Waals surface area contributed by atoms with E-state index in [4.69, 9.17) is 25.8 Å². The zero-order valence-corrected chi connectivity index (χ0v) is 16.4. The molecule has 0 atom stereocenters. The monoisotopic (exact) mass is 402 g/mol. The van der Waals surface area contributed by atoms with Gasteiger partial charge in [0.15, 0.2) is 5.79 Å². The second kappa shape index (κ2) is 9.68. The lowest BCUT2D eigenvalue weighted by Crippen LogP contribution is -2.41. The maximum atomic E-state index is 12.0. The van der Waals surface area contributed by atoms with Crippen molar-refractivity contribution in [3.05, 3.63) is 64.7 Å². The van der Waals surface area contributed by atoms with E-state index in [0.717, 1.165) is 23.3 Å². The van der Waals surface area contributed by atoms with Gasteiger partial charge in [0.1, 0.15) is 12.4 Å². The Morgan fingerprint density at radius 2 is 1.86 bits per heavy atom. The summed E-state index contributed by atoms with van der Waals surface area (Å²) < 4.78 is 16.8. The third-order valence-corrected chi connectivity index (χ3v) is 4.44. The van der Waals surface area contributed by atoms with Crippen LogP contribution in [0.3, 0.4) is 0 Å². The molecule has 148 valence electrons. The minimum Gasteiger partial charge on any atom is -0.489 e.